The first kappa shape index (κ1) is 13.3. The second kappa shape index (κ2) is 5.33. The number of nitrogens with zero attached hydrogens (tertiary/aromatic N) is 1. The molecular weight excluding hydrogens is 284 g/mol. The van der Waals surface area contributed by atoms with Crippen LogP contribution in [0, 0.1) is 0 Å². The van der Waals surface area contributed by atoms with Gasteiger partial charge in [0.05, 0.1) is 18.8 Å². The number of H-pyrrole nitrogens is 1. The molecule has 20 heavy (non-hydrogen) atoms. The molecule has 2 aromatic heterocycles. The summed E-state index contributed by atoms with van der Waals surface area (Å²) in [5.41, 5.74) is -0.607. The molecular formula is C12H12N2O5S. The van der Waals surface area contributed by atoms with Crippen LogP contribution in [0.4, 0.5) is 0 Å². The van der Waals surface area contributed by atoms with Gasteiger partial charge in [0.2, 0.25) is 0 Å². The van der Waals surface area contributed by atoms with Gasteiger partial charge < -0.3 is 14.6 Å². The lowest BCUT2D eigenvalue weighted by Gasteiger charge is -2.13. The van der Waals surface area contributed by atoms with E-state index >= 15 is 0 Å². The van der Waals surface area contributed by atoms with E-state index in [9.17, 15) is 9.59 Å². The van der Waals surface area contributed by atoms with Crippen molar-refractivity contribution in [1.29, 1.82) is 0 Å². The monoisotopic (exact) mass is 296 g/mol. The average Bonchev–Trinajstić information content (AvgIpc) is 3.09. The zero-order valence-corrected chi connectivity index (χ0v) is 11.1. The maximum Gasteiger partial charge on any atom is 0.330 e. The van der Waals surface area contributed by atoms with Crippen molar-refractivity contribution >= 4 is 11.3 Å². The quantitative estimate of drug-likeness (QED) is 0.839. The van der Waals surface area contributed by atoms with Gasteiger partial charge in [0.25, 0.3) is 5.56 Å². The lowest BCUT2D eigenvalue weighted by atomic mass is 10.3. The van der Waals surface area contributed by atoms with Crippen molar-refractivity contribution in [2.45, 2.75) is 12.5 Å². The Morgan fingerprint density at radius 3 is 3.00 bits per heavy atom. The molecule has 8 heteroatoms. The Morgan fingerprint density at radius 2 is 2.35 bits per heavy atom. The van der Waals surface area contributed by atoms with E-state index in [0.29, 0.717) is 5.56 Å². The van der Waals surface area contributed by atoms with E-state index in [4.69, 9.17) is 14.6 Å². The molecule has 7 nitrogen and oxygen atoms in total. The van der Waals surface area contributed by atoms with Gasteiger partial charge in [0.1, 0.15) is 0 Å². The summed E-state index contributed by atoms with van der Waals surface area (Å²) >= 11 is 1.40. The number of hydrogen-bond acceptors (Lipinski definition) is 6. The van der Waals surface area contributed by atoms with Crippen molar-refractivity contribution in [3.63, 3.8) is 0 Å². The van der Waals surface area contributed by atoms with Crippen LogP contribution in [0.25, 0.3) is 10.4 Å². The Bertz CT molecular complexity index is 705. The number of nitrogens with one attached hydrogen (secondary N) is 1. The number of aromatic amines is 1. The highest BCUT2D eigenvalue weighted by molar-refractivity contribution is 7.13. The van der Waals surface area contributed by atoms with Crippen LogP contribution >= 0.6 is 11.3 Å². The minimum absolute atomic E-state index is 0.140. The molecule has 2 N–H and O–H groups in total. The van der Waals surface area contributed by atoms with Crippen molar-refractivity contribution in [3.05, 3.63) is 44.5 Å². The second-order valence-electron chi connectivity index (χ2n) is 4.22. The number of thiophene rings is 1. The van der Waals surface area contributed by atoms with Crippen molar-refractivity contribution < 1.29 is 14.6 Å². The minimum atomic E-state index is -0.746. The molecule has 3 heterocycles. The van der Waals surface area contributed by atoms with E-state index in [1.54, 1.807) is 6.07 Å². The number of hydrogen-bond donors (Lipinski definition) is 2. The highest BCUT2D eigenvalue weighted by Crippen LogP contribution is 2.23. The normalized spacial score (nSPS) is 22.2. The van der Waals surface area contributed by atoms with Crippen LogP contribution in [-0.4, -0.2) is 34.2 Å². The summed E-state index contributed by atoms with van der Waals surface area (Å²) < 4.78 is 11.8. The van der Waals surface area contributed by atoms with Crippen LogP contribution < -0.4 is 11.2 Å². The first-order valence-corrected chi connectivity index (χ1v) is 6.84. The van der Waals surface area contributed by atoms with E-state index in [-0.39, 0.29) is 13.2 Å². The summed E-state index contributed by atoms with van der Waals surface area (Å²) in [6, 6.07) is 3.62. The molecule has 0 saturated carbocycles. The molecule has 0 amide bonds. The van der Waals surface area contributed by atoms with E-state index in [2.05, 4.69) is 4.98 Å². The maximum absolute atomic E-state index is 11.9. The Labute approximate surface area is 117 Å². The van der Waals surface area contributed by atoms with Gasteiger partial charge in [-0.1, -0.05) is 6.07 Å². The minimum Gasteiger partial charge on any atom is -0.391 e. The number of aromatic nitrogens is 2. The largest absolute Gasteiger partial charge is 0.391 e. The van der Waals surface area contributed by atoms with Crippen LogP contribution in [0.15, 0.2) is 33.3 Å². The molecule has 0 aromatic carbocycles. The fourth-order valence-corrected chi connectivity index (χ4v) is 2.72. The van der Waals surface area contributed by atoms with E-state index in [1.807, 2.05) is 11.4 Å². The number of aliphatic hydroxyl groups is 1. The summed E-state index contributed by atoms with van der Waals surface area (Å²) in [6.45, 7) is -0.145. The molecule has 0 bridgehead atoms. The third-order valence-electron chi connectivity index (χ3n) is 2.95. The number of aliphatic hydroxyl groups excluding tert-OH is 1. The smallest absolute Gasteiger partial charge is 0.330 e. The van der Waals surface area contributed by atoms with Crippen molar-refractivity contribution in [1.82, 2.24) is 9.55 Å². The van der Waals surface area contributed by atoms with Gasteiger partial charge in [-0.15, -0.1) is 11.3 Å². The van der Waals surface area contributed by atoms with E-state index < -0.39 is 23.8 Å². The standard InChI is InChI=1S/C12H12N2O5S/c15-5-10-18-6-9(19-10)14-4-7(8-2-1-3-20-8)11(16)13-12(14)17/h1-4,9-10,15H,5-6H2,(H,13,16,17)/t9-,10-/m1/s1. The molecule has 0 radical (unpaired) electrons. The Morgan fingerprint density at radius 1 is 1.50 bits per heavy atom. The maximum atomic E-state index is 11.9. The van der Waals surface area contributed by atoms with Crippen LogP contribution in [0.1, 0.15) is 6.23 Å². The highest BCUT2D eigenvalue weighted by atomic mass is 32.1. The van der Waals surface area contributed by atoms with Gasteiger partial charge in [-0.25, -0.2) is 4.79 Å². The van der Waals surface area contributed by atoms with Gasteiger partial charge in [-0.3, -0.25) is 14.3 Å². The van der Waals surface area contributed by atoms with Crippen molar-refractivity contribution in [3.8, 4) is 10.4 Å². The zero-order chi connectivity index (χ0) is 14.1. The Kier molecular flexibility index (Phi) is 3.53. The molecule has 2 aromatic rings. The molecule has 1 saturated heterocycles. The molecule has 1 aliphatic rings. The Balaban J connectivity index is 2.02. The van der Waals surface area contributed by atoms with Crippen molar-refractivity contribution in [2.75, 3.05) is 13.2 Å². The van der Waals surface area contributed by atoms with Crippen LogP contribution in [0.5, 0.6) is 0 Å². The van der Waals surface area contributed by atoms with Crippen molar-refractivity contribution in [2.24, 2.45) is 0 Å². The lowest BCUT2D eigenvalue weighted by molar-refractivity contribution is -0.0992. The first-order chi connectivity index (χ1) is 9.69. The molecule has 0 spiro atoms. The van der Waals surface area contributed by atoms with Gasteiger partial charge in [0, 0.05) is 11.1 Å². The number of ether oxygens (including phenoxy) is 2. The molecule has 1 aliphatic heterocycles. The molecule has 1 fully saturated rings. The summed E-state index contributed by atoms with van der Waals surface area (Å²) in [5, 5.41) is 10.8. The second-order valence-corrected chi connectivity index (χ2v) is 5.17. The van der Waals surface area contributed by atoms with Gasteiger partial charge in [-0.05, 0) is 11.4 Å². The first-order valence-electron chi connectivity index (χ1n) is 5.96. The SMILES string of the molecule is O=c1[nH]c(=O)n([C@H]2CO[C@@H](CO)O2)cc1-c1cccs1. The molecule has 0 aliphatic carbocycles. The predicted molar refractivity (Wildman–Crippen MR) is 71.6 cm³/mol. The van der Waals surface area contributed by atoms with Crippen LogP contribution in [0.2, 0.25) is 0 Å². The lowest BCUT2D eigenvalue weighted by Crippen LogP contribution is -2.33. The van der Waals surface area contributed by atoms with Gasteiger partial charge >= 0.3 is 5.69 Å². The fraction of sp³-hybridized carbons (Fsp3) is 0.333. The summed E-state index contributed by atoms with van der Waals surface area (Å²) in [4.78, 5) is 26.7. The molecule has 0 unspecified atom stereocenters. The molecule has 2 atom stereocenters. The summed E-state index contributed by atoms with van der Waals surface area (Å²) in [7, 11) is 0. The number of rotatable bonds is 3. The predicted octanol–water partition coefficient (Wildman–Crippen LogP) is 0.129. The van der Waals surface area contributed by atoms with Crippen LogP contribution in [0.3, 0.4) is 0 Å². The zero-order valence-electron chi connectivity index (χ0n) is 10.3. The molecule has 3 rings (SSSR count). The van der Waals surface area contributed by atoms with E-state index in [0.717, 1.165) is 4.88 Å². The van der Waals surface area contributed by atoms with Gasteiger partial charge in [-0.2, -0.15) is 0 Å². The summed E-state index contributed by atoms with van der Waals surface area (Å²) in [5.74, 6) is 0. The average molecular weight is 296 g/mol. The molecule has 106 valence electrons. The third-order valence-corrected chi connectivity index (χ3v) is 3.85. The topological polar surface area (TPSA) is 93.6 Å². The van der Waals surface area contributed by atoms with Gasteiger partial charge in [0.15, 0.2) is 12.5 Å². The fourth-order valence-electron chi connectivity index (χ4n) is 1.99. The Hall–Kier alpha value is -1.74. The third kappa shape index (κ3) is 2.34. The van der Waals surface area contributed by atoms with E-state index in [1.165, 1.54) is 22.1 Å². The van der Waals surface area contributed by atoms with Crippen LogP contribution in [-0.2, 0) is 9.47 Å². The highest BCUT2D eigenvalue weighted by Gasteiger charge is 2.28. The summed E-state index contributed by atoms with van der Waals surface area (Å²) in [6.07, 6.45) is 0.0556.